The summed E-state index contributed by atoms with van der Waals surface area (Å²) in [6.45, 7) is 9.19. The van der Waals surface area contributed by atoms with Gasteiger partial charge < -0.3 is 29.4 Å². The van der Waals surface area contributed by atoms with Gasteiger partial charge in [-0.15, -0.1) is 10.2 Å². The van der Waals surface area contributed by atoms with Gasteiger partial charge in [-0.2, -0.15) is 0 Å². The number of aliphatic imine (C=N–C) groups is 1. The van der Waals surface area contributed by atoms with E-state index in [1.165, 1.54) is 0 Å². The lowest BCUT2D eigenvalue weighted by atomic mass is 10.2. The number of benzene rings is 1. The van der Waals surface area contributed by atoms with Gasteiger partial charge in [-0.3, -0.25) is 4.90 Å². The van der Waals surface area contributed by atoms with Crippen LogP contribution in [0.1, 0.15) is 24.5 Å². The molecule has 0 saturated carbocycles. The van der Waals surface area contributed by atoms with Gasteiger partial charge in [-0.05, 0) is 32.0 Å². The Hall–Kier alpha value is -2.85. The van der Waals surface area contributed by atoms with Crippen LogP contribution < -0.4 is 20.1 Å². The van der Waals surface area contributed by atoms with Gasteiger partial charge >= 0.3 is 0 Å². The Balaban J connectivity index is 1.40. The number of nitrogens with zero attached hydrogens (tertiary/aromatic N) is 5. The van der Waals surface area contributed by atoms with Crippen molar-refractivity contribution < 1.29 is 14.2 Å². The molecule has 32 heavy (non-hydrogen) atoms. The minimum absolute atomic E-state index is 0.431. The van der Waals surface area contributed by atoms with Crippen LogP contribution in [-0.2, 0) is 18.3 Å². The van der Waals surface area contributed by atoms with Gasteiger partial charge in [0.05, 0.1) is 26.4 Å². The number of morpholine rings is 1. The highest BCUT2D eigenvalue weighted by molar-refractivity contribution is 5.93. The summed E-state index contributed by atoms with van der Waals surface area (Å²) in [5.74, 6) is 3.91. The molecule has 10 heteroatoms. The van der Waals surface area contributed by atoms with Crippen LogP contribution in [0.25, 0.3) is 0 Å². The summed E-state index contributed by atoms with van der Waals surface area (Å²) in [6, 6.07) is 5.87. The Labute approximate surface area is 189 Å². The quantitative estimate of drug-likeness (QED) is 0.378. The highest BCUT2D eigenvalue weighted by Gasteiger charge is 2.13. The molecule has 2 aliphatic heterocycles. The number of hydrogen-bond donors (Lipinski definition) is 2. The van der Waals surface area contributed by atoms with E-state index in [0.717, 1.165) is 81.1 Å². The predicted molar refractivity (Wildman–Crippen MR) is 122 cm³/mol. The Bertz CT molecular complexity index is 909. The molecule has 0 unspecified atom stereocenters. The molecule has 2 aliphatic rings. The van der Waals surface area contributed by atoms with Gasteiger partial charge in [0.25, 0.3) is 0 Å². The maximum atomic E-state index is 5.82. The summed E-state index contributed by atoms with van der Waals surface area (Å²) in [4.78, 5) is 7.18. The van der Waals surface area contributed by atoms with E-state index in [4.69, 9.17) is 19.2 Å². The fourth-order valence-electron chi connectivity index (χ4n) is 3.59. The zero-order valence-corrected chi connectivity index (χ0v) is 19.0. The fraction of sp³-hybridized carbons (Fsp3) is 0.591. The first-order valence-electron chi connectivity index (χ1n) is 11.3. The number of guanidine groups is 1. The average Bonchev–Trinajstić information content (AvgIpc) is 3.00. The van der Waals surface area contributed by atoms with Crippen LogP contribution in [0, 0.1) is 6.92 Å². The third kappa shape index (κ3) is 6.10. The summed E-state index contributed by atoms with van der Waals surface area (Å²) in [5.41, 5.74) is 0.892. The number of ether oxygens (including phenoxy) is 3. The van der Waals surface area contributed by atoms with Gasteiger partial charge in [-0.25, -0.2) is 4.99 Å². The first-order valence-corrected chi connectivity index (χ1v) is 11.3. The third-order valence-electron chi connectivity index (χ3n) is 5.62. The second-order valence-electron chi connectivity index (χ2n) is 7.96. The van der Waals surface area contributed by atoms with Crippen molar-refractivity contribution >= 4 is 11.6 Å². The van der Waals surface area contributed by atoms with E-state index in [1.54, 1.807) is 0 Å². The molecule has 0 spiro atoms. The van der Waals surface area contributed by atoms with Gasteiger partial charge in [0.1, 0.15) is 12.4 Å². The Morgan fingerprint density at radius 2 is 1.91 bits per heavy atom. The van der Waals surface area contributed by atoms with Crippen LogP contribution in [0.4, 0.5) is 5.69 Å². The van der Waals surface area contributed by atoms with E-state index in [2.05, 4.69) is 25.7 Å². The SMILES string of the molecule is Cc1nnc(CN=C(NCCCN2CCOCC2)Nc2ccc3c(c2)OCCCO3)n1C. The number of fused-ring (bicyclic) bond motifs is 1. The van der Waals surface area contributed by atoms with Crippen LogP contribution in [0.15, 0.2) is 23.2 Å². The minimum atomic E-state index is 0.431. The summed E-state index contributed by atoms with van der Waals surface area (Å²) in [5, 5.41) is 15.2. The topological polar surface area (TPSA) is 98.1 Å². The molecule has 0 aliphatic carbocycles. The lowest BCUT2D eigenvalue weighted by Gasteiger charge is -2.26. The molecule has 2 aromatic rings. The van der Waals surface area contributed by atoms with Crippen LogP contribution in [0.3, 0.4) is 0 Å². The number of aryl methyl sites for hydroxylation is 1. The maximum absolute atomic E-state index is 5.82. The first-order chi connectivity index (χ1) is 15.7. The molecule has 4 rings (SSSR count). The molecule has 1 saturated heterocycles. The molecule has 2 N–H and O–H groups in total. The van der Waals surface area contributed by atoms with Crippen LogP contribution >= 0.6 is 0 Å². The zero-order chi connectivity index (χ0) is 22.2. The highest BCUT2D eigenvalue weighted by atomic mass is 16.5. The van der Waals surface area contributed by atoms with Crippen molar-refractivity contribution in [3.05, 3.63) is 29.8 Å². The molecule has 0 amide bonds. The van der Waals surface area contributed by atoms with Gasteiger partial charge in [0.15, 0.2) is 23.3 Å². The number of aromatic nitrogens is 3. The number of hydrogen-bond acceptors (Lipinski definition) is 7. The van der Waals surface area contributed by atoms with Gasteiger partial charge in [-0.1, -0.05) is 0 Å². The van der Waals surface area contributed by atoms with Crippen molar-refractivity contribution in [2.45, 2.75) is 26.3 Å². The molecule has 3 heterocycles. The van der Waals surface area contributed by atoms with Crippen molar-refractivity contribution in [3.8, 4) is 11.5 Å². The van der Waals surface area contributed by atoms with E-state index in [1.807, 2.05) is 36.7 Å². The number of rotatable bonds is 7. The maximum Gasteiger partial charge on any atom is 0.196 e. The average molecular weight is 444 g/mol. The van der Waals surface area contributed by atoms with Crippen LogP contribution in [0.2, 0.25) is 0 Å². The summed E-state index contributed by atoms with van der Waals surface area (Å²) in [6.07, 6.45) is 1.90. The molecule has 10 nitrogen and oxygen atoms in total. The molecular formula is C22H33N7O3. The lowest BCUT2D eigenvalue weighted by Crippen LogP contribution is -2.39. The molecule has 0 bridgehead atoms. The molecular weight excluding hydrogens is 410 g/mol. The lowest BCUT2D eigenvalue weighted by molar-refractivity contribution is 0.0376. The zero-order valence-electron chi connectivity index (χ0n) is 19.0. The Morgan fingerprint density at radius 3 is 2.69 bits per heavy atom. The summed E-state index contributed by atoms with van der Waals surface area (Å²) >= 11 is 0. The molecule has 1 aromatic heterocycles. The standard InChI is InChI=1S/C22H33N7O3/c1-17-26-27-21(28(17)2)16-24-22(23-7-3-8-29-9-13-30-14-10-29)25-18-5-6-19-20(15-18)32-12-4-11-31-19/h5-6,15H,3-4,7-14,16H2,1-2H3,(H2,23,24,25). The predicted octanol–water partition coefficient (Wildman–Crippen LogP) is 1.56. The second-order valence-corrected chi connectivity index (χ2v) is 7.96. The van der Waals surface area contributed by atoms with Crippen molar-refractivity contribution in [3.63, 3.8) is 0 Å². The smallest absolute Gasteiger partial charge is 0.196 e. The van der Waals surface area contributed by atoms with E-state index >= 15 is 0 Å². The van der Waals surface area contributed by atoms with Gasteiger partial charge in [0, 0.05) is 44.9 Å². The highest BCUT2D eigenvalue weighted by Crippen LogP contribution is 2.32. The summed E-state index contributed by atoms with van der Waals surface area (Å²) in [7, 11) is 1.95. The second kappa shape index (κ2) is 11.1. The molecule has 0 atom stereocenters. The normalized spacial score (nSPS) is 17.1. The Kier molecular flexibility index (Phi) is 7.78. The van der Waals surface area contributed by atoms with E-state index < -0.39 is 0 Å². The van der Waals surface area contributed by atoms with Crippen LogP contribution in [0.5, 0.6) is 11.5 Å². The molecule has 0 radical (unpaired) electrons. The van der Waals surface area contributed by atoms with Gasteiger partial charge in [0.2, 0.25) is 0 Å². The fourth-order valence-corrected chi connectivity index (χ4v) is 3.59. The largest absolute Gasteiger partial charge is 0.490 e. The number of nitrogens with one attached hydrogen (secondary N) is 2. The van der Waals surface area contributed by atoms with Crippen molar-refractivity contribution in [1.29, 1.82) is 0 Å². The van der Waals surface area contributed by atoms with E-state index in [-0.39, 0.29) is 0 Å². The summed E-state index contributed by atoms with van der Waals surface area (Å²) < 4.78 is 18.9. The van der Waals surface area contributed by atoms with E-state index in [9.17, 15) is 0 Å². The monoisotopic (exact) mass is 443 g/mol. The van der Waals surface area contributed by atoms with Crippen molar-refractivity contribution in [2.75, 3.05) is 57.9 Å². The number of anilines is 1. The van der Waals surface area contributed by atoms with E-state index in [0.29, 0.717) is 25.7 Å². The van der Waals surface area contributed by atoms with Crippen LogP contribution in [-0.4, -0.2) is 78.2 Å². The minimum Gasteiger partial charge on any atom is -0.490 e. The third-order valence-corrected chi connectivity index (χ3v) is 5.62. The van der Waals surface area contributed by atoms with Crippen molar-refractivity contribution in [2.24, 2.45) is 12.0 Å². The molecule has 1 aromatic carbocycles. The molecule has 1 fully saturated rings. The first kappa shape index (κ1) is 22.3. The van der Waals surface area contributed by atoms with Crippen molar-refractivity contribution in [1.82, 2.24) is 25.0 Å². The Morgan fingerprint density at radius 1 is 1.09 bits per heavy atom. The molecule has 174 valence electrons.